The number of carbonyl (C=O) groups excluding carboxylic acids is 1. The Morgan fingerprint density at radius 2 is 2.37 bits per heavy atom. The number of nitrogens with one attached hydrogen (secondary N) is 2. The van der Waals surface area contributed by atoms with E-state index in [1.165, 1.54) is 0 Å². The number of hydrogen-bond donors (Lipinski definition) is 2. The molecule has 5 nitrogen and oxygen atoms in total. The van der Waals surface area contributed by atoms with E-state index < -0.39 is 6.04 Å². The molecule has 0 spiro atoms. The lowest BCUT2D eigenvalue weighted by atomic mass is 10.1. The fourth-order valence-corrected chi connectivity index (χ4v) is 2.20. The van der Waals surface area contributed by atoms with Gasteiger partial charge in [-0.2, -0.15) is 5.26 Å². The predicted octanol–water partition coefficient (Wildman–Crippen LogP) is 2.52. The third-order valence-corrected chi connectivity index (χ3v) is 3.39. The number of nitriles is 1. The molecule has 1 unspecified atom stereocenters. The molecule has 1 heterocycles. The molecule has 1 saturated carbocycles. The molecule has 3 rings (SSSR count). The van der Waals surface area contributed by atoms with Gasteiger partial charge >= 0.3 is 0 Å². The van der Waals surface area contributed by atoms with Crippen molar-refractivity contribution in [3.63, 3.8) is 0 Å². The zero-order valence-electron chi connectivity index (χ0n) is 9.97. The topological polar surface area (TPSA) is 81.8 Å². The lowest BCUT2D eigenvalue weighted by molar-refractivity contribution is 0.0942. The molecule has 1 aromatic heterocycles. The molecule has 6 heteroatoms. The second kappa shape index (κ2) is 4.52. The molecule has 1 amide bonds. The zero-order chi connectivity index (χ0) is 13.4. The number of oxazole rings is 1. The summed E-state index contributed by atoms with van der Waals surface area (Å²) in [6, 6.07) is 6.77. The van der Waals surface area contributed by atoms with E-state index in [0.717, 1.165) is 18.4 Å². The summed E-state index contributed by atoms with van der Waals surface area (Å²) in [4.78, 5) is 15.2. The van der Waals surface area contributed by atoms with Gasteiger partial charge in [0.15, 0.2) is 5.58 Å². The molecule has 2 aromatic rings. The molecular formula is C13H11N3O2S. The molecule has 2 N–H and O–H groups in total. The van der Waals surface area contributed by atoms with Crippen molar-refractivity contribution in [2.24, 2.45) is 5.92 Å². The molecule has 1 atom stereocenters. The van der Waals surface area contributed by atoms with Crippen molar-refractivity contribution in [3.8, 4) is 6.07 Å². The van der Waals surface area contributed by atoms with Gasteiger partial charge in [-0.3, -0.25) is 4.79 Å². The molecule has 0 radical (unpaired) electrons. The number of amides is 1. The van der Waals surface area contributed by atoms with Gasteiger partial charge in [-0.15, -0.1) is 0 Å². The van der Waals surface area contributed by atoms with E-state index in [1.807, 2.05) is 0 Å². The normalized spacial score (nSPS) is 15.9. The maximum atomic E-state index is 12.1. The Labute approximate surface area is 114 Å². The first-order valence-electron chi connectivity index (χ1n) is 6.01. The van der Waals surface area contributed by atoms with Crippen LogP contribution in [0.2, 0.25) is 0 Å². The first-order chi connectivity index (χ1) is 9.17. The summed E-state index contributed by atoms with van der Waals surface area (Å²) in [6.45, 7) is 0. The number of benzene rings is 1. The number of aromatic nitrogens is 1. The minimum Gasteiger partial charge on any atom is -0.429 e. The largest absolute Gasteiger partial charge is 0.429 e. The maximum absolute atomic E-state index is 12.1. The monoisotopic (exact) mass is 273 g/mol. The van der Waals surface area contributed by atoms with Crippen LogP contribution in [0.1, 0.15) is 23.2 Å². The van der Waals surface area contributed by atoms with Crippen LogP contribution >= 0.6 is 12.2 Å². The summed E-state index contributed by atoms with van der Waals surface area (Å²) in [7, 11) is 0. The van der Waals surface area contributed by atoms with Crippen LogP contribution in [-0.2, 0) is 0 Å². The van der Waals surface area contributed by atoms with Gasteiger partial charge in [0.1, 0.15) is 6.04 Å². The van der Waals surface area contributed by atoms with Crippen molar-refractivity contribution < 1.29 is 9.21 Å². The van der Waals surface area contributed by atoms with Gasteiger partial charge in [0.25, 0.3) is 10.7 Å². The number of hydrogen-bond acceptors (Lipinski definition) is 4. The fraction of sp³-hybridized carbons (Fsp3) is 0.308. The van der Waals surface area contributed by atoms with E-state index in [0.29, 0.717) is 17.1 Å². The Morgan fingerprint density at radius 3 is 3.05 bits per heavy atom. The Morgan fingerprint density at radius 1 is 1.58 bits per heavy atom. The molecule has 19 heavy (non-hydrogen) atoms. The molecule has 0 saturated heterocycles. The van der Waals surface area contributed by atoms with E-state index >= 15 is 0 Å². The van der Waals surface area contributed by atoms with Crippen molar-refractivity contribution in [2.45, 2.75) is 18.9 Å². The highest BCUT2D eigenvalue weighted by Gasteiger charge is 2.32. The number of fused-ring (bicyclic) bond motifs is 1. The van der Waals surface area contributed by atoms with E-state index in [-0.39, 0.29) is 10.7 Å². The predicted molar refractivity (Wildman–Crippen MR) is 71.0 cm³/mol. The second-order valence-corrected chi connectivity index (χ2v) is 5.01. The van der Waals surface area contributed by atoms with Crippen LogP contribution in [0.4, 0.5) is 0 Å². The van der Waals surface area contributed by atoms with E-state index in [2.05, 4.69) is 16.4 Å². The minimum atomic E-state index is -0.402. The Hall–Kier alpha value is -2.13. The average Bonchev–Trinajstić information content (AvgIpc) is 3.16. The van der Waals surface area contributed by atoms with Gasteiger partial charge in [-0.1, -0.05) is 0 Å². The average molecular weight is 273 g/mol. The molecule has 1 aliphatic carbocycles. The van der Waals surface area contributed by atoms with Gasteiger partial charge in [-0.25, -0.2) is 0 Å². The van der Waals surface area contributed by atoms with Crippen molar-refractivity contribution >= 4 is 29.2 Å². The van der Waals surface area contributed by atoms with Crippen LogP contribution in [0.3, 0.4) is 0 Å². The van der Waals surface area contributed by atoms with Crippen molar-refractivity contribution in [2.75, 3.05) is 0 Å². The summed E-state index contributed by atoms with van der Waals surface area (Å²) < 4.78 is 5.26. The number of rotatable bonds is 3. The number of aromatic amines is 1. The van der Waals surface area contributed by atoms with Gasteiger partial charge in [0.05, 0.1) is 11.6 Å². The number of H-pyrrole nitrogens is 1. The molecule has 1 aromatic carbocycles. The standard InChI is InChI=1S/C13H11N3O2S/c14-6-10(7-1-2-7)15-12(17)8-3-4-9-11(5-8)18-13(19)16-9/h3-5,7,10H,1-2H2,(H,15,17)(H,16,19). The van der Waals surface area contributed by atoms with Gasteiger partial charge in [0, 0.05) is 5.56 Å². The molecule has 96 valence electrons. The molecule has 1 aliphatic rings. The Balaban J connectivity index is 1.84. The number of carbonyl (C=O) groups is 1. The highest BCUT2D eigenvalue weighted by Crippen LogP contribution is 2.32. The highest BCUT2D eigenvalue weighted by atomic mass is 32.1. The lowest BCUT2D eigenvalue weighted by Gasteiger charge is -2.10. The van der Waals surface area contributed by atoms with Crippen LogP contribution in [0.25, 0.3) is 11.1 Å². The van der Waals surface area contributed by atoms with Crippen molar-refractivity contribution in [3.05, 3.63) is 28.6 Å². The molecular weight excluding hydrogens is 262 g/mol. The van der Waals surface area contributed by atoms with E-state index in [9.17, 15) is 4.79 Å². The molecule has 0 aliphatic heterocycles. The quantitative estimate of drug-likeness (QED) is 0.842. The summed E-state index contributed by atoms with van der Waals surface area (Å²) >= 11 is 4.89. The molecule has 1 fully saturated rings. The summed E-state index contributed by atoms with van der Waals surface area (Å²) in [5, 5.41) is 11.7. The molecule has 0 bridgehead atoms. The second-order valence-electron chi connectivity index (χ2n) is 4.64. The smallest absolute Gasteiger partial charge is 0.266 e. The van der Waals surface area contributed by atoms with Crippen LogP contribution in [0.15, 0.2) is 22.6 Å². The van der Waals surface area contributed by atoms with Crippen LogP contribution in [0, 0.1) is 22.1 Å². The fourth-order valence-electron chi connectivity index (χ4n) is 2.00. The highest BCUT2D eigenvalue weighted by molar-refractivity contribution is 7.71. The third kappa shape index (κ3) is 2.37. The Bertz CT molecular complexity index is 736. The minimum absolute atomic E-state index is 0.261. The lowest BCUT2D eigenvalue weighted by Crippen LogP contribution is -2.35. The Kier molecular flexibility index (Phi) is 2.84. The van der Waals surface area contributed by atoms with Crippen molar-refractivity contribution in [1.29, 1.82) is 5.26 Å². The maximum Gasteiger partial charge on any atom is 0.266 e. The van der Waals surface area contributed by atoms with Crippen molar-refractivity contribution in [1.82, 2.24) is 10.3 Å². The van der Waals surface area contributed by atoms with Crippen LogP contribution in [0.5, 0.6) is 0 Å². The van der Waals surface area contributed by atoms with Gasteiger partial charge < -0.3 is 14.7 Å². The first-order valence-corrected chi connectivity index (χ1v) is 6.41. The summed E-state index contributed by atoms with van der Waals surface area (Å²) in [5.41, 5.74) is 1.75. The van der Waals surface area contributed by atoms with E-state index in [1.54, 1.807) is 18.2 Å². The SMILES string of the molecule is N#CC(NC(=O)c1ccc2[nH]c(=S)oc2c1)C1CC1. The van der Waals surface area contributed by atoms with Crippen LogP contribution in [-0.4, -0.2) is 16.9 Å². The zero-order valence-corrected chi connectivity index (χ0v) is 10.8. The number of nitrogens with zero attached hydrogens (tertiary/aromatic N) is 1. The first kappa shape index (κ1) is 11.9. The summed E-state index contributed by atoms with van der Waals surface area (Å²) in [5.74, 6) is 0.0385. The summed E-state index contributed by atoms with van der Waals surface area (Å²) in [6.07, 6.45) is 2.01. The third-order valence-electron chi connectivity index (χ3n) is 3.20. The van der Waals surface area contributed by atoms with Gasteiger partial charge in [-0.05, 0) is 49.2 Å². The van der Waals surface area contributed by atoms with Crippen LogP contribution < -0.4 is 5.32 Å². The van der Waals surface area contributed by atoms with E-state index in [4.69, 9.17) is 21.9 Å². The van der Waals surface area contributed by atoms with Gasteiger partial charge in [0.2, 0.25) is 0 Å².